The van der Waals surface area contributed by atoms with Gasteiger partial charge in [-0.2, -0.15) is 0 Å². The maximum atomic E-state index is 11.7. The first-order chi connectivity index (χ1) is 6.22. The topological polar surface area (TPSA) is 40.5 Å². The molecule has 1 saturated carbocycles. The van der Waals surface area contributed by atoms with Crippen molar-refractivity contribution in [3.05, 3.63) is 0 Å². The Balaban J connectivity index is 1.85. The molecule has 74 valence electrons. The van der Waals surface area contributed by atoms with Gasteiger partial charge in [0.2, 0.25) is 5.91 Å². The molecule has 1 amide bonds. The van der Waals surface area contributed by atoms with Gasteiger partial charge in [-0.25, -0.2) is 0 Å². The molecule has 3 atom stereocenters. The van der Waals surface area contributed by atoms with Gasteiger partial charge in [0.1, 0.15) is 0 Å². The van der Waals surface area contributed by atoms with Gasteiger partial charge in [0, 0.05) is 31.5 Å². The Morgan fingerprint density at radius 3 is 2.77 bits per heavy atom. The molecule has 0 radical (unpaired) electrons. The van der Waals surface area contributed by atoms with Crippen LogP contribution in [0, 0.1) is 17.8 Å². The zero-order valence-electron chi connectivity index (χ0n) is 8.07. The maximum Gasteiger partial charge on any atom is 0.225 e. The summed E-state index contributed by atoms with van der Waals surface area (Å²) in [5, 5.41) is 8.93. The lowest BCUT2D eigenvalue weighted by atomic mass is 10.1. The number of aliphatic hydroxyl groups is 1. The van der Waals surface area contributed by atoms with Crippen molar-refractivity contribution >= 4 is 5.91 Å². The van der Waals surface area contributed by atoms with Crippen LogP contribution in [-0.2, 0) is 4.79 Å². The number of hydrogen-bond acceptors (Lipinski definition) is 2. The van der Waals surface area contributed by atoms with Crippen molar-refractivity contribution < 1.29 is 9.90 Å². The molecular weight excluding hydrogens is 166 g/mol. The van der Waals surface area contributed by atoms with E-state index in [-0.39, 0.29) is 6.61 Å². The van der Waals surface area contributed by atoms with Gasteiger partial charge in [-0.3, -0.25) is 4.79 Å². The Bertz CT molecular complexity index is 217. The van der Waals surface area contributed by atoms with E-state index >= 15 is 0 Å². The van der Waals surface area contributed by atoms with E-state index < -0.39 is 0 Å². The number of rotatable bonds is 2. The van der Waals surface area contributed by atoms with Crippen LogP contribution in [-0.4, -0.2) is 35.6 Å². The molecule has 0 aromatic rings. The van der Waals surface area contributed by atoms with E-state index in [0.717, 1.165) is 25.9 Å². The minimum atomic E-state index is 0.226. The predicted molar refractivity (Wildman–Crippen MR) is 49.0 cm³/mol. The van der Waals surface area contributed by atoms with Crippen molar-refractivity contribution in [2.45, 2.75) is 19.8 Å². The largest absolute Gasteiger partial charge is 0.396 e. The molecule has 2 fully saturated rings. The van der Waals surface area contributed by atoms with Crippen molar-refractivity contribution in [2.24, 2.45) is 17.8 Å². The number of nitrogens with zero attached hydrogens (tertiary/aromatic N) is 1. The third kappa shape index (κ3) is 1.70. The Morgan fingerprint density at radius 2 is 2.31 bits per heavy atom. The van der Waals surface area contributed by atoms with Crippen molar-refractivity contribution in [1.82, 2.24) is 4.90 Å². The average Bonchev–Trinajstić information content (AvgIpc) is 2.70. The van der Waals surface area contributed by atoms with Crippen LogP contribution in [0.5, 0.6) is 0 Å². The molecular formula is C10H17NO2. The van der Waals surface area contributed by atoms with Gasteiger partial charge in [-0.1, -0.05) is 6.92 Å². The molecule has 3 heteroatoms. The van der Waals surface area contributed by atoms with Crippen LogP contribution >= 0.6 is 0 Å². The van der Waals surface area contributed by atoms with E-state index in [2.05, 4.69) is 6.92 Å². The van der Waals surface area contributed by atoms with Gasteiger partial charge in [0.15, 0.2) is 0 Å². The molecule has 0 spiro atoms. The van der Waals surface area contributed by atoms with Gasteiger partial charge >= 0.3 is 0 Å². The molecule has 2 unspecified atom stereocenters. The standard InChI is InChI=1S/C10H17NO2/c1-7-4-9(7)10(13)11-3-2-8(5-11)6-12/h7-9,12H,2-6H2,1H3/t7?,8-,9?/m1/s1. The summed E-state index contributed by atoms with van der Waals surface area (Å²) in [4.78, 5) is 13.6. The first kappa shape index (κ1) is 9.00. The number of hydrogen-bond donors (Lipinski definition) is 1. The van der Waals surface area contributed by atoms with Gasteiger partial charge in [-0.15, -0.1) is 0 Å². The molecule has 0 aromatic heterocycles. The third-order valence-electron chi connectivity index (χ3n) is 3.28. The first-order valence-corrected chi connectivity index (χ1v) is 5.12. The summed E-state index contributed by atoms with van der Waals surface area (Å²) in [7, 11) is 0. The second-order valence-electron chi connectivity index (χ2n) is 4.44. The monoisotopic (exact) mass is 183 g/mol. The number of carbonyl (C=O) groups is 1. The minimum Gasteiger partial charge on any atom is -0.396 e. The number of aliphatic hydroxyl groups excluding tert-OH is 1. The molecule has 0 aromatic carbocycles. The zero-order valence-corrected chi connectivity index (χ0v) is 8.07. The Kier molecular flexibility index (Phi) is 2.28. The van der Waals surface area contributed by atoms with E-state index in [0.29, 0.717) is 23.7 Å². The van der Waals surface area contributed by atoms with E-state index in [9.17, 15) is 4.79 Å². The van der Waals surface area contributed by atoms with Crippen molar-refractivity contribution in [2.75, 3.05) is 19.7 Å². The van der Waals surface area contributed by atoms with Crippen molar-refractivity contribution in [1.29, 1.82) is 0 Å². The summed E-state index contributed by atoms with van der Waals surface area (Å²) < 4.78 is 0. The van der Waals surface area contributed by atoms with Gasteiger partial charge in [0.25, 0.3) is 0 Å². The van der Waals surface area contributed by atoms with Gasteiger partial charge in [-0.05, 0) is 18.8 Å². The molecule has 1 N–H and O–H groups in total. The highest BCUT2D eigenvalue weighted by molar-refractivity contribution is 5.81. The molecule has 2 aliphatic rings. The lowest BCUT2D eigenvalue weighted by molar-refractivity contribution is -0.131. The molecule has 3 nitrogen and oxygen atoms in total. The second kappa shape index (κ2) is 3.29. The van der Waals surface area contributed by atoms with Crippen molar-refractivity contribution in [3.63, 3.8) is 0 Å². The fourth-order valence-corrected chi connectivity index (χ4v) is 2.08. The van der Waals surface area contributed by atoms with Crippen LogP contribution in [0.2, 0.25) is 0 Å². The second-order valence-corrected chi connectivity index (χ2v) is 4.44. The van der Waals surface area contributed by atoms with Crippen LogP contribution in [0.15, 0.2) is 0 Å². The summed E-state index contributed by atoms with van der Waals surface area (Å²) in [6.07, 6.45) is 2.04. The van der Waals surface area contributed by atoms with Crippen molar-refractivity contribution in [3.8, 4) is 0 Å². The van der Waals surface area contributed by atoms with Gasteiger partial charge < -0.3 is 10.0 Å². The predicted octanol–water partition coefficient (Wildman–Crippen LogP) is 0.483. The molecule has 0 bridgehead atoms. The Labute approximate surface area is 78.7 Å². The quantitative estimate of drug-likeness (QED) is 0.676. The SMILES string of the molecule is CC1CC1C(=O)N1CC[C@@H](CO)C1. The summed E-state index contributed by atoms with van der Waals surface area (Å²) in [6.45, 7) is 3.98. The van der Waals surface area contributed by atoms with E-state index in [1.54, 1.807) is 0 Å². The highest BCUT2D eigenvalue weighted by Crippen LogP contribution is 2.39. The fourth-order valence-electron chi connectivity index (χ4n) is 2.08. The highest BCUT2D eigenvalue weighted by Gasteiger charge is 2.42. The third-order valence-corrected chi connectivity index (χ3v) is 3.28. The summed E-state index contributed by atoms with van der Waals surface area (Å²) >= 11 is 0. The molecule has 1 aliphatic carbocycles. The summed E-state index contributed by atoms with van der Waals surface area (Å²) in [6, 6.07) is 0. The van der Waals surface area contributed by atoms with Crippen LogP contribution in [0.4, 0.5) is 0 Å². The molecule has 1 saturated heterocycles. The number of amides is 1. The van der Waals surface area contributed by atoms with Crippen LogP contribution in [0.3, 0.4) is 0 Å². The minimum absolute atomic E-state index is 0.226. The van der Waals surface area contributed by atoms with Crippen LogP contribution in [0.25, 0.3) is 0 Å². The van der Waals surface area contributed by atoms with E-state index in [1.807, 2.05) is 4.90 Å². The summed E-state index contributed by atoms with van der Waals surface area (Å²) in [5.41, 5.74) is 0. The van der Waals surface area contributed by atoms with Gasteiger partial charge in [0.05, 0.1) is 0 Å². The molecule has 2 rings (SSSR count). The average molecular weight is 183 g/mol. The summed E-state index contributed by atoms with van der Waals surface area (Å²) in [5.74, 6) is 1.56. The molecule has 1 aliphatic heterocycles. The highest BCUT2D eigenvalue weighted by atomic mass is 16.3. The maximum absolute atomic E-state index is 11.7. The van der Waals surface area contributed by atoms with Crippen LogP contribution < -0.4 is 0 Å². The van der Waals surface area contributed by atoms with E-state index in [4.69, 9.17) is 5.11 Å². The fraction of sp³-hybridized carbons (Fsp3) is 0.900. The Hall–Kier alpha value is -0.570. The Morgan fingerprint density at radius 1 is 1.62 bits per heavy atom. The smallest absolute Gasteiger partial charge is 0.225 e. The molecule has 13 heavy (non-hydrogen) atoms. The molecule has 1 heterocycles. The lowest BCUT2D eigenvalue weighted by Crippen LogP contribution is -2.30. The normalized spacial score (nSPS) is 38.0. The zero-order chi connectivity index (χ0) is 9.42. The first-order valence-electron chi connectivity index (χ1n) is 5.12. The number of likely N-dealkylation sites (tertiary alicyclic amines) is 1. The van der Waals surface area contributed by atoms with E-state index in [1.165, 1.54) is 0 Å². The lowest BCUT2D eigenvalue weighted by Gasteiger charge is -2.15. The number of carbonyl (C=O) groups excluding carboxylic acids is 1. The van der Waals surface area contributed by atoms with Crippen LogP contribution in [0.1, 0.15) is 19.8 Å².